The summed E-state index contributed by atoms with van der Waals surface area (Å²) in [4.78, 5) is 30.1. The Morgan fingerprint density at radius 1 is 1.29 bits per heavy atom. The number of pyridine rings is 1. The Balaban J connectivity index is 1.72. The summed E-state index contributed by atoms with van der Waals surface area (Å²) in [6.45, 7) is 2.95. The highest BCUT2D eigenvalue weighted by Crippen LogP contribution is 2.28. The monoisotopic (exact) mass is 325 g/mol. The largest absolute Gasteiger partial charge is 0.450 e. The van der Waals surface area contributed by atoms with Gasteiger partial charge in [-0.15, -0.1) is 0 Å². The molecular formula is C18H19N3O3. The summed E-state index contributed by atoms with van der Waals surface area (Å²) >= 11 is 0. The van der Waals surface area contributed by atoms with E-state index in [1.165, 1.54) is 5.56 Å². The van der Waals surface area contributed by atoms with Crippen LogP contribution in [0, 0.1) is 0 Å². The second kappa shape index (κ2) is 7.12. The molecule has 1 aromatic heterocycles. The van der Waals surface area contributed by atoms with E-state index in [1.807, 2.05) is 24.3 Å². The molecular weight excluding hydrogens is 306 g/mol. The molecule has 6 nitrogen and oxygen atoms in total. The number of amides is 2. The lowest BCUT2D eigenvalue weighted by Gasteiger charge is -2.17. The number of carbonyl (C=O) groups excluding carboxylic acids is 2. The van der Waals surface area contributed by atoms with E-state index >= 15 is 0 Å². The summed E-state index contributed by atoms with van der Waals surface area (Å²) in [6.07, 6.45) is 1.95. The van der Waals surface area contributed by atoms with E-state index in [0.29, 0.717) is 24.4 Å². The van der Waals surface area contributed by atoms with Gasteiger partial charge in [0.1, 0.15) is 0 Å². The molecule has 124 valence electrons. The van der Waals surface area contributed by atoms with Gasteiger partial charge in [-0.3, -0.25) is 9.78 Å². The third-order valence-electron chi connectivity index (χ3n) is 3.89. The second-order valence-corrected chi connectivity index (χ2v) is 5.45. The maximum atomic E-state index is 12.8. The molecule has 3 rings (SSSR count). The molecule has 2 heterocycles. The standard InChI is InChI=1S/C18H19N3O3/c1-2-24-18(23)20-12-15-11-14(7-9-19-15)17(22)21-10-8-13-5-3-4-6-16(13)21/h3-7,9,11H,2,8,10,12H2,1H3,(H,20,23). The molecule has 0 radical (unpaired) electrons. The number of nitrogens with zero attached hydrogens (tertiary/aromatic N) is 2. The van der Waals surface area contributed by atoms with E-state index in [-0.39, 0.29) is 12.5 Å². The summed E-state index contributed by atoms with van der Waals surface area (Å²) in [5, 5.41) is 2.60. The number of hydrogen-bond acceptors (Lipinski definition) is 4. The number of para-hydroxylation sites is 1. The Morgan fingerprint density at radius 3 is 2.96 bits per heavy atom. The first-order chi connectivity index (χ1) is 11.7. The zero-order chi connectivity index (χ0) is 16.9. The van der Waals surface area contributed by atoms with Gasteiger partial charge in [0.2, 0.25) is 0 Å². The number of anilines is 1. The Hall–Kier alpha value is -2.89. The summed E-state index contributed by atoms with van der Waals surface area (Å²) in [5.41, 5.74) is 3.32. The van der Waals surface area contributed by atoms with Crippen molar-refractivity contribution in [1.29, 1.82) is 0 Å². The Bertz CT molecular complexity index is 761. The first-order valence-electron chi connectivity index (χ1n) is 7.94. The van der Waals surface area contributed by atoms with Crippen molar-refractivity contribution in [2.24, 2.45) is 0 Å². The molecule has 0 fully saturated rings. The number of aromatic nitrogens is 1. The minimum atomic E-state index is -0.496. The van der Waals surface area contributed by atoms with Crippen LogP contribution < -0.4 is 10.2 Å². The first kappa shape index (κ1) is 16.0. The zero-order valence-corrected chi connectivity index (χ0v) is 13.5. The molecule has 2 aromatic rings. The van der Waals surface area contributed by atoms with Crippen molar-refractivity contribution in [2.75, 3.05) is 18.1 Å². The lowest BCUT2D eigenvalue weighted by molar-refractivity contribution is 0.0989. The van der Waals surface area contributed by atoms with Crippen LogP contribution in [0.15, 0.2) is 42.6 Å². The molecule has 0 aliphatic carbocycles. The highest BCUT2D eigenvalue weighted by Gasteiger charge is 2.25. The lowest BCUT2D eigenvalue weighted by atomic mass is 10.1. The Kier molecular flexibility index (Phi) is 4.74. The van der Waals surface area contributed by atoms with Crippen molar-refractivity contribution in [3.05, 3.63) is 59.4 Å². The van der Waals surface area contributed by atoms with Gasteiger partial charge in [0.05, 0.1) is 18.8 Å². The van der Waals surface area contributed by atoms with E-state index in [2.05, 4.69) is 10.3 Å². The van der Waals surface area contributed by atoms with Gasteiger partial charge in [0.25, 0.3) is 5.91 Å². The highest BCUT2D eigenvalue weighted by atomic mass is 16.5. The summed E-state index contributed by atoms with van der Waals surface area (Å²) in [6, 6.07) is 11.3. The van der Waals surface area contributed by atoms with Crippen molar-refractivity contribution in [3.8, 4) is 0 Å². The van der Waals surface area contributed by atoms with Crippen LogP contribution in [-0.4, -0.2) is 30.1 Å². The molecule has 1 aromatic carbocycles. The van der Waals surface area contributed by atoms with Crippen LogP contribution in [-0.2, 0) is 17.7 Å². The number of benzene rings is 1. The van der Waals surface area contributed by atoms with E-state index in [4.69, 9.17) is 4.74 Å². The number of nitrogens with one attached hydrogen (secondary N) is 1. The summed E-state index contributed by atoms with van der Waals surface area (Å²) in [7, 11) is 0. The van der Waals surface area contributed by atoms with E-state index in [9.17, 15) is 9.59 Å². The topological polar surface area (TPSA) is 71.5 Å². The molecule has 0 spiro atoms. The summed E-state index contributed by atoms with van der Waals surface area (Å²) < 4.78 is 4.81. The number of fused-ring (bicyclic) bond motifs is 1. The van der Waals surface area contributed by atoms with Crippen LogP contribution in [0.2, 0.25) is 0 Å². The Morgan fingerprint density at radius 2 is 2.12 bits per heavy atom. The average Bonchev–Trinajstić information content (AvgIpc) is 3.04. The molecule has 0 saturated heterocycles. The van der Waals surface area contributed by atoms with E-state index in [1.54, 1.807) is 30.2 Å². The fourth-order valence-electron chi connectivity index (χ4n) is 2.76. The van der Waals surface area contributed by atoms with E-state index in [0.717, 1.165) is 12.1 Å². The molecule has 1 aliphatic rings. The number of carbonyl (C=O) groups is 2. The fourth-order valence-corrected chi connectivity index (χ4v) is 2.76. The zero-order valence-electron chi connectivity index (χ0n) is 13.5. The normalized spacial score (nSPS) is 12.6. The quantitative estimate of drug-likeness (QED) is 0.937. The second-order valence-electron chi connectivity index (χ2n) is 5.45. The first-order valence-corrected chi connectivity index (χ1v) is 7.94. The number of alkyl carbamates (subject to hydrolysis) is 1. The SMILES string of the molecule is CCOC(=O)NCc1cc(C(=O)N2CCc3ccccc32)ccn1. The summed E-state index contributed by atoms with van der Waals surface area (Å²) in [5.74, 6) is -0.0558. The highest BCUT2D eigenvalue weighted by molar-refractivity contribution is 6.07. The van der Waals surface area contributed by atoms with Gasteiger partial charge in [-0.25, -0.2) is 4.79 Å². The van der Waals surface area contributed by atoms with Crippen LogP contribution in [0.4, 0.5) is 10.5 Å². The fraction of sp³-hybridized carbons (Fsp3) is 0.278. The smallest absolute Gasteiger partial charge is 0.407 e. The van der Waals surface area contributed by atoms with Gasteiger partial charge in [0.15, 0.2) is 0 Å². The number of hydrogen-bond donors (Lipinski definition) is 1. The minimum Gasteiger partial charge on any atom is -0.450 e. The molecule has 2 amide bonds. The number of rotatable bonds is 4. The maximum Gasteiger partial charge on any atom is 0.407 e. The third-order valence-corrected chi connectivity index (χ3v) is 3.89. The van der Waals surface area contributed by atoms with Gasteiger partial charge in [-0.05, 0) is 37.1 Å². The van der Waals surface area contributed by atoms with Crippen molar-refractivity contribution < 1.29 is 14.3 Å². The van der Waals surface area contributed by atoms with Gasteiger partial charge in [-0.2, -0.15) is 0 Å². The third kappa shape index (κ3) is 3.37. The van der Waals surface area contributed by atoms with Gasteiger partial charge >= 0.3 is 6.09 Å². The predicted octanol–water partition coefficient (Wildman–Crippen LogP) is 2.53. The van der Waals surface area contributed by atoms with Gasteiger partial charge in [0, 0.05) is 24.0 Å². The van der Waals surface area contributed by atoms with Gasteiger partial charge in [-0.1, -0.05) is 18.2 Å². The molecule has 1 N–H and O–H groups in total. The average molecular weight is 325 g/mol. The van der Waals surface area contributed by atoms with Crippen LogP contribution >= 0.6 is 0 Å². The van der Waals surface area contributed by atoms with Crippen molar-refractivity contribution in [1.82, 2.24) is 10.3 Å². The molecule has 0 saturated carbocycles. The lowest BCUT2D eigenvalue weighted by Crippen LogP contribution is -2.29. The molecule has 6 heteroatoms. The minimum absolute atomic E-state index is 0.0558. The molecule has 1 aliphatic heterocycles. The van der Waals surface area contributed by atoms with Gasteiger partial charge < -0.3 is 15.0 Å². The van der Waals surface area contributed by atoms with Crippen molar-refractivity contribution in [3.63, 3.8) is 0 Å². The molecule has 24 heavy (non-hydrogen) atoms. The molecule has 0 bridgehead atoms. The predicted molar refractivity (Wildman–Crippen MR) is 89.9 cm³/mol. The van der Waals surface area contributed by atoms with Crippen LogP contribution in [0.5, 0.6) is 0 Å². The number of ether oxygens (including phenoxy) is 1. The maximum absolute atomic E-state index is 12.8. The van der Waals surface area contributed by atoms with E-state index < -0.39 is 6.09 Å². The van der Waals surface area contributed by atoms with Crippen LogP contribution in [0.25, 0.3) is 0 Å². The Labute approximate surface area is 140 Å². The molecule has 0 atom stereocenters. The van der Waals surface area contributed by atoms with Crippen LogP contribution in [0.1, 0.15) is 28.5 Å². The van der Waals surface area contributed by atoms with Crippen molar-refractivity contribution >= 4 is 17.7 Å². The molecule has 0 unspecified atom stereocenters. The van der Waals surface area contributed by atoms with Crippen molar-refractivity contribution in [2.45, 2.75) is 19.9 Å². The van der Waals surface area contributed by atoms with Crippen LogP contribution in [0.3, 0.4) is 0 Å².